The Bertz CT molecular complexity index is 906. The number of ether oxygens (including phenoxy) is 1. The Labute approximate surface area is 196 Å². The first-order chi connectivity index (χ1) is 16.0. The van der Waals surface area contributed by atoms with Gasteiger partial charge in [0.05, 0.1) is 18.6 Å². The van der Waals surface area contributed by atoms with Crippen LogP contribution in [-0.4, -0.2) is 54.4 Å². The van der Waals surface area contributed by atoms with E-state index in [1.165, 1.54) is 6.07 Å². The van der Waals surface area contributed by atoms with Crippen LogP contribution in [0.25, 0.3) is 0 Å². The molecular formula is C26H36FN3O3. The molecule has 1 heterocycles. The van der Waals surface area contributed by atoms with Crippen LogP contribution in [0.1, 0.15) is 44.9 Å². The summed E-state index contributed by atoms with van der Waals surface area (Å²) in [5.74, 6) is 0.463. The average Bonchev–Trinajstić information content (AvgIpc) is 3.31. The Hall–Kier alpha value is -2.93. The van der Waals surface area contributed by atoms with Crippen LogP contribution in [0.2, 0.25) is 0 Å². The molecule has 0 saturated carbocycles. The largest absolute Gasteiger partial charge is 0.514 e. The summed E-state index contributed by atoms with van der Waals surface area (Å²) in [7, 11) is 1.75. The maximum Gasteiger partial charge on any atom is 0.153 e. The molecule has 2 aromatic carbocycles. The van der Waals surface area contributed by atoms with Crippen LogP contribution in [0.3, 0.4) is 0 Å². The zero-order valence-corrected chi connectivity index (χ0v) is 19.8. The van der Waals surface area contributed by atoms with Crippen molar-refractivity contribution in [2.75, 3.05) is 43.1 Å². The molecule has 33 heavy (non-hydrogen) atoms. The summed E-state index contributed by atoms with van der Waals surface area (Å²) >= 11 is 0. The molecule has 0 aliphatic carbocycles. The predicted octanol–water partition coefficient (Wildman–Crippen LogP) is 5.06. The minimum absolute atomic E-state index is 0.232. The predicted molar refractivity (Wildman–Crippen MR) is 131 cm³/mol. The third-order valence-corrected chi connectivity index (χ3v) is 6.25. The van der Waals surface area contributed by atoms with Crippen LogP contribution in [-0.2, 0) is 0 Å². The highest BCUT2D eigenvalue weighted by Gasteiger charge is 2.27. The molecule has 2 aromatic rings. The normalized spacial score (nSPS) is 16.9. The summed E-state index contributed by atoms with van der Waals surface area (Å²) in [5.41, 5.74) is 1.87. The molecule has 0 amide bonds. The lowest BCUT2D eigenvalue weighted by atomic mass is 10.1. The zero-order chi connectivity index (χ0) is 23.8. The molecule has 1 saturated heterocycles. The molecule has 7 heteroatoms. The fourth-order valence-corrected chi connectivity index (χ4v) is 4.21. The number of benzene rings is 2. The van der Waals surface area contributed by atoms with Gasteiger partial charge < -0.3 is 29.6 Å². The fourth-order valence-electron chi connectivity index (χ4n) is 4.21. The Balaban J connectivity index is 1.65. The summed E-state index contributed by atoms with van der Waals surface area (Å²) in [4.78, 5) is 5.75. The SMILES string of the molecule is CCCCOc1ccc(C(O)N(C)c2ccc(N3CCC(N(/C=C/O)CC)C3)c(F)c2)cc1. The topological polar surface area (TPSA) is 59.4 Å². The van der Waals surface area contributed by atoms with E-state index >= 15 is 4.39 Å². The summed E-state index contributed by atoms with van der Waals surface area (Å²) in [5, 5.41) is 19.9. The van der Waals surface area contributed by atoms with Gasteiger partial charge in [0.15, 0.2) is 6.23 Å². The molecule has 2 unspecified atom stereocenters. The maximum absolute atomic E-state index is 15.1. The van der Waals surface area contributed by atoms with Gasteiger partial charge in [-0.25, -0.2) is 4.39 Å². The Kier molecular flexibility index (Phi) is 8.83. The van der Waals surface area contributed by atoms with Gasteiger partial charge in [-0.1, -0.05) is 25.5 Å². The van der Waals surface area contributed by atoms with Crippen LogP contribution in [0.4, 0.5) is 15.8 Å². The van der Waals surface area contributed by atoms with E-state index in [2.05, 4.69) is 11.8 Å². The number of rotatable bonds is 11. The van der Waals surface area contributed by atoms with Crippen molar-refractivity contribution in [1.82, 2.24) is 4.90 Å². The van der Waals surface area contributed by atoms with E-state index in [9.17, 15) is 5.11 Å². The van der Waals surface area contributed by atoms with E-state index in [1.54, 1.807) is 24.2 Å². The molecule has 6 nitrogen and oxygen atoms in total. The van der Waals surface area contributed by atoms with Crippen molar-refractivity contribution >= 4 is 11.4 Å². The number of aliphatic hydroxyl groups excluding tert-OH is 2. The van der Waals surface area contributed by atoms with Crippen molar-refractivity contribution < 1.29 is 19.3 Å². The molecule has 1 fully saturated rings. The van der Waals surface area contributed by atoms with Gasteiger partial charge in [0.25, 0.3) is 0 Å². The van der Waals surface area contributed by atoms with Crippen molar-refractivity contribution in [3.63, 3.8) is 0 Å². The first-order valence-corrected chi connectivity index (χ1v) is 11.7. The monoisotopic (exact) mass is 457 g/mol. The van der Waals surface area contributed by atoms with E-state index in [0.717, 1.165) is 44.4 Å². The number of hydrogen-bond acceptors (Lipinski definition) is 6. The molecule has 3 rings (SSSR count). The highest BCUT2D eigenvalue weighted by atomic mass is 19.1. The van der Waals surface area contributed by atoms with Crippen LogP contribution in [0.5, 0.6) is 5.75 Å². The molecule has 1 aliphatic rings. The lowest BCUT2D eigenvalue weighted by molar-refractivity contribution is 0.178. The standard InChI is InChI=1S/C26H36FN3O3/c1-4-6-17-33-23-10-7-20(8-11-23)26(32)28(3)21-9-12-25(24(27)18-21)30-14-13-22(19-30)29(5-2)15-16-31/h7-12,15-16,18,22,26,31-32H,4-6,13-14,17,19H2,1-3H3/b16-15+. The second-order valence-electron chi connectivity index (χ2n) is 8.41. The number of hydrogen-bond donors (Lipinski definition) is 2. The number of aliphatic hydroxyl groups is 2. The molecule has 0 bridgehead atoms. The van der Waals surface area contributed by atoms with Gasteiger partial charge in [-0.15, -0.1) is 0 Å². The highest BCUT2D eigenvalue weighted by Crippen LogP contribution is 2.31. The van der Waals surface area contributed by atoms with Gasteiger partial charge in [0.1, 0.15) is 11.6 Å². The average molecular weight is 458 g/mol. The van der Waals surface area contributed by atoms with Crippen LogP contribution in [0, 0.1) is 5.82 Å². The van der Waals surface area contributed by atoms with Crippen molar-refractivity contribution in [2.45, 2.75) is 45.4 Å². The van der Waals surface area contributed by atoms with E-state index in [-0.39, 0.29) is 11.9 Å². The van der Waals surface area contributed by atoms with Crippen molar-refractivity contribution in [1.29, 1.82) is 0 Å². The van der Waals surface area contributed by atoms with Gasteiger partial charge in [-0.2, -0.15) is 0 Å². The summed E-state index contributed by atoms with van der Waals surface area (Å²) in [6.45, 7) is 7.06. The van der Waals surface area contributed by atoms with Gasteiger partial charge in [0.2, 0.25) is 0 Å². The zero-order valence-electron chi connectivity index (χ0n) is 19.8. The third-order valence-electron chi connectivity index (χ3n) is 6.25. The Morgan fingerprint density at radius 2 is 1.97 bits per heavy atom. The van der Waals surface area contributed by atoms with Crippen molar-refractivity contribution in [3.05, 3.63) is 66.3 Å². The van der Waals surface area contributed by atoms with Crippen LogP contribution < -0.4 is 14.5 Å². The molecule has 1 aliphatic heterocycles. The molecular weight excluding hydrogens is 421 g/mol. The quantitative estimate of drug-likeness (QED) is 0.279. The minimum Gasteiger partial charge on any atom is -0.514 e. The number of unbranched alkanes of at least 4 members (excludes halogenated alkanes) is 1. The van der Waals surface area contributed by atoms with Gasteiger partial charge in [-0.05, 0) is 50.1 Å². The summed E-state index contributed by atoms with van der Waals surface area (Å²) < 4.78 is 20.7. The van der Waals surface area contributed by atoms with E-state index < -0.39 is 6.23 Å². The molecule has 0 aromatic heterocycles. The smallest absolute Gasteiger partial charge is 0.153 e. The second-order valence-corrected chi connectivity index (χ2v) is 8.41. The minimum atomic E-state index is -0.903. The van der Waals surface area contributed by atoms with E-state index in [4.69, 9.17) is 9.84 Å². The molecule has 0 radical (unpaired) electrons. The van der Waals surface area contributed by atoms with Crippen molar-refractivity contribution in [2.24, 2.45) is 0 Å². The number of anilines is 2. The van der Waals surface area contributed by atoms with Crippen LogP contribution in [0.15, 0.2) is 54.9 Å². The molecule has 2 N–H and O–H groups in total. The van der Waals surface area contributed by atoms with Gasteiger partial charge in [0, 0.05) is 50.2 Å². The molecule has 2 atom stereocenters. The summed E-state index contributed by atoms with van der Waals surface area (Å²) in [6.07, 6.45) is 4.80. The van der Waals surface area contributed by atoms with Gasteiger partial charge in [-0.3, -0.25) is 0 Å². The second kappa shape index (κ2) is 11.8. The molecule has 0 spiro atoms. The third kappa shape index (κ3) is 6.11. The fraction of sp³-hybridized carbons (Fsp3) is 0.462. The highest BCUT2D eigenvalue weighted by molar-refractivity contribution is 5.58. The number of likely N-dealkylation sites (N-methyl/N-ethyl adjacent to an activating group) is 1. The first kappa shape index (κ1) is 24.7. The first-order valence-electron chi connectivity index (χ1n) is 11.7. The van der Waals surface area contributed by atoms with E-state index in [1.807, 2.05) is 42.2 Å². The lowest BCUT2D eigenvalue weighted by Crippen LogP contribution is -2.33. The maximum atomic E-state index is 15.1. The lowest BCUT2D eigenvalue weighted by Gasteiger charge is -2.28. The Morgan fingerprint density at radius 3 is 2.61 bits per heavy atom. The van der Waals surface area contributed by atoms with Crippen molar-refractivity contribution in [3.8, 4) is 5.75 Å². The van der Waals surface area contributed by atoms with E-state index in [0.29, 0.717) is 30.1 Å². The number of nitrogens with zero attached hydrogens (tertiary/aromatic N) is 3. The molecule has 180 valence electrons. The summed E-state index contributed by atoms with van der Waals surface area (Å²) in [6, 6.07) is 12.7. The van der Waals surface area contributed by atoms with Gasteiger partial charge >= 0.3 is 0 Å². The van der Waals surface area contributed by atoms with Crippen LogP contribution >= 0.6 is 0 Å². The number of halogens is 1. The Morgan fingerprint density at radius 1 is 1.21 bits per heavy atom.